The molecule has 0 saturated heterocycles. The van der Waals surface area contributed by atoms with Gasteiger partial charge in [0.15, 0.2) is 11.0 Å². The van der Waals surface area contributed by atoms with E-state index in [-0.39, 0.29) is 16.6 Å². The molecule has 8 nitrogen and oxygen atoms in total. The molecule has 0 aliphatic rings. The smallest absolute Gasteiger partial charge is 0.270 e. The molecule has 31 heavy (non-hydrogen) atoms. The molecule has 0 aliphatic heterocycles. The van der Waals surface area contributed by atoms with Crippen molar-refractivity contribution < 1.29 is 9.59 Å². The number of anilines is 1. The lowest BCUT2D eigenvalue weighted by atomic mass is 10.2. The van der Waals surface area contributed by atoms with Gasteiger partial charge >= 0.3 is 0 Å². The van der Waals surface area contributed by atoms with Crippen LogP contribution >= 0.6 is 35.2 Å². The van der Waals surface area contributed by atoms with E-state index in [9.17, 15) is 9.59 Å². The number of amides is 2. The summed E-state index contributed by atoms with van der Waals surface area (Å²) in [5.41, 5.74) is 4.36. The molecule has 0 bridgehead atoms. The number of carbonyl (C=O) groups excluding carboxylic acids is 2. The van der Waals surface area contributed by atoms with Crippen LogP contribution in [-0.4, -0.2) is 31.7 Å². The van der Waals surface area contributed by atoms with E-state index in [4.69, 9.17) is 23.8 Å². The maximum atomic E-state index is 12.5. The van der Waals surface area contributed by atoms with Crippen molar-refractivity contribution in [3.05, 3.63) is 92.4 Å². The maximum Gasteiger partial charge on any atom is 0.270 e. The van der Waals surface area contributed by atoms with Gasteiger partial charge in [-0.15, -0.1) is 11.3 Å². The van der Waals surface area contributed by atoms with Crippen molar-refractivity contribution in [2.24, 2.45) is 0 Å². The van der Waals surface area contributed by atoms with Crippen LogP contribution in [0.2, 0.25) is 5.02 Å². The fourth-order valence-electron chi connectivity index (χ4n) is 2.70. The minimum Gasteiger partial charge on any atom is -0.298 e. The summed E-state index contributed by atoms with van der Waals surface area (Å²) >= 11 is 12.4. The van der Waals surface area contributed by atoms with Gasteiger partial charge in [0, 0.05) is 21.5 Å². The number of thiazole rings is 1. The molecule has 3 N–H and O–H groups in total. The second-order valence-electron chi connectivity index (χ2n) is 6.37. The van der Waals surface area contributed by atoms with Gasteiger partial charge in [0.1, 0.15) is 0 Å². The lowest BCUT2D eigenvalue weighted by Gasteiger charge is -2.08. The van der Waals surface area contributed by atoms with Gasteiger partial charge in [-0.1, -0.05) is 29.8 Å². The van der Waals surface area contributed by atoms with Crippen LogP contribution in [0.25, 0.3) is 0 Å². The van der Waals surface area contributed by atoms with Gasteiger partial charge in [-0.05, 0) is 48.6 Å². The van der Waals surface area contributed by atoms with Crippen molar-refractivity contribution in [3.8, 4) is 0 Å². The second-order valence-corrected chi connectivity index (χ2v) is 8.05. The molecule has 156 valence electrons. The first-order chi connectivity index (χ1) is 15.0. The Morgan fingerprint density at radius 2 is 1.77 bits per heavy atom. The number of hydrogen-bond donors (Lipinski definition) is 3. The predicted octanol–water partition coefficient (Wildman–Crippen LogP) is 4.28. The quantitative estimate of drug-likeness (QED) is 0.365. The van der Waals surface area contributed by atoms with Crippen LogP contribution in [0.3, 0.4) is 0 Å². The average Bonchev–Trinajstić information content (AvgIpc) is 3.36. The molecule has 2 aromatic heterocycles. The Kier molecular flexibility index (Phi) is 6.21. The van der Waals surface area contributed by atoms with Crippen molar-refractivity contribution in [1.82, 2.24) is 19.9 Å². The minimum atomic E-state index is -0.357. The standard InChI is InChI=1S/C20H15ClN6O2S2/c21-14-8-6-13(7-9-14)18(29)26-27-16(24-25-20(27)30)10-15-11-31-19(22-15)23-17(28)12-4-2-1-3-5-12/h1-9,11H,10H2,(H,25,30)(H,26,29)(H,22,23,28). The Balaban J connectivity index is 1.46. The largest absolute Gasteiger partial charge is 0.298 e. The summed E-state index contributed by atoms with van der Waals surface area (Å²) < 4.78 is 1.64. The summed E-state index contributed by atoms with van der Waals surface area (Å²) in [5, 5.41) is 12.4. The monoisotopic (exact) mass is 470 g/mol. The fourth-order valence-corrected chi connectivity index (χ4v) is 3.73. The molecule has 0 spiro atoms. The SMILES string of the molecule is O=C(Nc1nc(Cc2n[nH]c(=S)n2NC(=O)c2ccc(Cl)cc2)cs1)c1ccccc1. The normalized spacial score (nSPS) is 10.6. The van der Waals surface area contributed by atoms with Crippen molar-refractivity contribution in [1.29, 1.82) is 0 Å². The van der Waals surface area contributed by atoms with Crippen LogP contribution in [-0.2, 0) is 6.42 Å². The molecule has 0 unspecified atom stereocenters. The van der Waals surface area contributed by atoms with E-state index in [0.29, 0.717) is 39.2 Å². The van der Waals surface area contributed by atoms with Gasteiger partial charge in [-0.2, -0.15) is 5.10 Å². The first-order valence-electron chi connectivity index (χ1n) is 9.03. The summed E-state index contributed by atoms with van der Waals surface area (Å²) in [6.07, 6.45) is 0.297. The molecule has 4 rings (SSSR count). The van der Waals surface area contributed by atoms with E-state index in [1.807, 2.05) is 11.4 Å². The fraction of sp³-hybridized carbons (Fsp3) is 0.0500. The average molecular weight is 471 g/mol. The molecule has 11 heteroatoms. The molecule has 0 aliphatic carbocycles. The van der Waals surface area contributed by atoms with E-state index in [1.165, 1.54) is 16.0 Å². The van der Waals surface area contributed by atoms with Gasteiger partial charge in [-0.25, -0.2) is 9.66 Å². The van der Waals surface area contributed by atoms with Crippen molar-refractivity contribution in [2.75, 3.05) is 10.7 Å². The van der Waals surface area contributed by atoms with E-state index >= 15 is 0 Å². The van der Waals surface area contributed by atoms with Crippen molar-refractivity contribution >= 4 is 52.1 Å². The number of benzene rings is 2. The van der Waals surface area contributed by atoms with E-state index in [2.05, 4.69) is 25.9 Å². The zero-order valence-corrected chi connectivity index (χ0v) is 18.2. The Morgan fingerprint density at radius 3 is 2.52 bits per heavy atom. The molecule has 0 atom stereocenters. The summed E-state index contributed by atoms with van der Waals surface area (Å²) in [5.74, 6) is -0.123. The van der Waals surface area contributed by atoms with Crippen molar-refractivity contribution in [3.63, 3.8) is 0 Å². The number of nitrogens with zero attached hydrogens (tertiary/aromatic N) is 3. The second kappa shape index (κ2) is 9.21. The molecular formula is C20H15ClN6O2S2. The summed E-state index contributed by atoms with van der Waals surface area (Å²) in [6, 6.07) is 15.4. The van der Waals surface area contributed by atoms with Crippen LogP contribution < -0.4 is 10.7 Å². The first kappa shape index (κ1) is 20.9. The number of hydrogen-bond acceptors (Lipinski definition) is 6. The predicted molar refractivity (Wildman–Crippen MR) is 122 cm³/mol. The van der Waals surface area contributed by atoms with Crippen LogP contribution in [0.1, 0.15) is 32.2 Å². The number of rotatable bonds is 6. The lowest BCUT2D eigenvalue weighted by Crippen LogP contribution is -2.25. The van der Waals surface area contributed by atoms with Crippen LogP contribution in [0.4, 0.5) is 5.13 Å². The van der Waals surface area contributed by atoms with Gasteiger partial charge in [-0.3, -0.25) is 25.4 Å². The summed E-state index contributed by atoms with van der Waals surface area (Å²) in [6.45, 7) is 0. The lowest BCUT2D eigenvalue weighted by molar-refractivity contribution is 0.100. The molecule has 0 saturated carbocycles. The highest BCUT2D eigenvalue weighted by Crippen LogP contribution is 2.18. The topological polar surface area (TPSA) is 105 Å². The van der Waals surface area contributed by atoms with Crippen LogP contribution in [0.15, 0.2) is 60.0 Å². The third-order valence-electron chi connectivity index (χ3n) is 4.21. The molecule has 0 fully saturated rings. The summed E-state index contributed by atoms with van der Waals surface area (Å²) in [4.78, 5) is 29.2. The van der Waals surface area contributed by atoms with Crippen LogP contribution in [0, 0.1) is 4.77 Å². The van der Waals surface area contributed by atoms with E-state index in [1.54, 1.807) is 48.5 Å². The Hall–Kier alpha value is -3.34. The Bertz CT molecular complexity index is 1280. The van der Waals surface area contributed by atoms with Crippen molar-refractivity contribution in [2.45, 2.75) is 6.42 Å². The molecular weight excluding hydrogens is 456 g/mol. The number of nitrogens with one attached hydrogen (secondary N) is 3. The number of carbonyl (C=O) groups is 2. The van der Waals surface area contributed by atoms with Gasteiger partial charge in [0.05, 0.1) is 12.1 Å². The highest BCUT2D eigenvalue weighted by molar-refractivity contribution is 7.71. The zero-order chi connectivity index (χ0) is 21.8. The molecule has 2 heterocycles. The van der Waals surface area contributed by atoms with Crippen LogP contribution in [0.5, 0.6) is 0 Å². The number of aromatic nitrogens is 4. The Labute approximate surface area is 190 Å². The molecule has 2 amide bonds. The number of H-pyrrole nitrogens is 1. The maximum absolute atomic E-state index is 12.5. The zero-order valence-electron chi connectivity index (χ0n) is 15.8. The number of halogens is 1. The van der Waals surface area contributed by atoms with Gasteiger partial charge < -0.3 is 0 Å². The third-order valence-corrected chi connectivity index (χ3v) is 5.54. The first-order valence-corrected chi connectivity index (χ1v) is 10.7. The molecule has 2 aromatic carbocycles. The number of aromatic amines is 1. The third kappa shape index (κ3) is 5.05. The minimum absolute atomic E-state index is 0.237. The highest BCUT2D eigenvalue weighted by Gasteiger charge is 2.14. The van der Waals surface area contributed by atoms with E-state index in [0.717, 1.165) is 0 Å². The Morgan fingerprint density at radius 1 is 1.06 bits per heavy atom. The molecule has 0 radical (unpaired) electrons. The van der Waals surface area contributed by atoms with Gasteiger partial charge in [0.2, 0.25) is 4.77 Å². The highest BCUT2D eigenvalue weighted by atomic mass is 35.5. The molecule has 4 aromatic rings. The summed E-state index contributed by atoms with van der Waals surface area (Å²) in [7, 11) is 0. The van der Waals surface area contributed by atoms with Gasteiger partial charge in [0.25, 0.3) is 11.8 Å². The van der Waals surface area contributed by atoms with E-state index < -0.39 is 0 Å².